The third-order valence-electron chi connectivity index (χ3n) is 4.98. The van der Waals surface area contributed by atoms with Crippen LogP contribution in [0, 0.1) is 0 Å². The highest BCUT2D eigenvalue weighted by Crippen LogP contribution is 2.12. The highest BCUT2D eigenvalue weighted by Gasteiger charge is 2.31. The van der Waals surface area contributed by atoms with E-state index in [-0.39, 0.29) is 18.2 Å². The number of aromatic amines is 1. The number of carbonyl (C=O) groups excluding carboxylic acids is 2. The Morgan fingerprint density at radius 3 is 2.93 bits per heavy atom. The van der Waals surface area contributed by atoms with Crippen LogP contribution in [0.25, 0.3) is 6.08 Å². The van der Waals surface area contributed by atoms with Crippen LogP contribution in [0.2, 0.25) is 0 Å². The minimum atomic E-state index is -0.432. The molecule has 3 rings (SSSR count). The second kappa shape index (κ2) is 9.85. The number of nitrogens with zero attached hydrogens (tertiary/aromatic N) is 3. The van der Waals surface area contributed by atoms with Crippen LogP contribution in [0.3, 0.4) is 0 Å². The summed E-state index contributed by atoms with van der Waals surface area (Å²) in [5.41, 5.74) is 2.18. The minimum absolute atomic E-state index is 0.0254. The summed E-state index contributed by atoms with van der Waals surface area (Å²) in [5.74, 6) is -0.0986. The fraction of sp³-hybridized carbons (Fsp3) is 0.381. The van der Waals surface area contributed by atoms with Gasteiger partial charge in [-0.1, -0.05) is 42.5 Å². The van der Waals surface area contributed by atoms with Crippen molar-refractivity contribution < 1.29 is 9.59 Å². The van der Waals surface area contributed by atoms with Gasteiger partial charge in [0.1, 0.15) is 0 Å². The molecule has 1 fully saturated rings. The van der Waals surface area contributed by atoms with Crippen LogP contribution in [-0.4, -0.2) is 71.1 Å². The van der Waals surface area contributed by atoms with Crippen LogP contribution in [-0.2, 0) is 16.0 Å². The average molecular weight is 381 g/mol. The Bertz CT molecular complexity index is 788. The van der Waals surface area contributed by atoms with Crippen molar-refractivity contribution in [2.24, 2.45) is 0 Å². The van der Waals surface area contributed by atoms with Crippen LogP contribution >= 0.6 is 0 Å². The standard InChI is InChI=1S/C21H27N5O2/c1-25(12-9-18-15-23-24-16-18)20(27)14-19-21(28)22-10-13-26(19)11-5-8-17-6-3-2-4-7-17/h2-8,15-16,19H,9-14H2,1H3,(H,22,28)(H,23,24)/b8-5+. The molecule has 2 amide bonds. The van der Waals surface area contributed by atoms with Gasteiger partial charge in [-0.3, -0.25) is 19.6 Å². The van der Waals surface area contributed by atoms with Crippen molar-refractivity contribution >= 4 is 17.9 Å². The molecule has 1 unspecified atom stereocenters. The normalized spacial score (nSPS) is 17.6. The lowest BCUT2D eigenvalue weighted by atomic mass is 10.1. The first-order valence-electron chi connectivity index (χ1n) is 9.58. The number of nitrogens with one attached hydrogen (secondary N) is 2. The van der Waals surface area contributed by atoms with Gasteiger partial charge in [0, 0.05) is 39.4 Å². The van der Waals surface area contributed by atoms with Gasteiger partial charge in [0.2, 0.25) is 11.8 Å². The van der Waals surface area contributed by atoms with Gasteiger partial charge < -0.3 is 10.2 Å². The number of likely N-dealkylation sites (N-methyl/N-ethyl adjacent to an activating group) is 1. The number of H-pyrrole nitrogens is 1. The van der Waals surface area contributed by atoms with E-state index < -0.39 is 6.04 Å². The lowest BCUT2D eigenvalue weighted by Crippen LogP contribution is -2.56. The number of amides is 2. The molecule has 148 valence electrons. The van der Waals surface area contributed by atoms with E-state index in [1.807, 2.05) is 48.7 Å². The molecule has 1 aromatic carbocycles. The van der Waals surface area contributed by atoms with Crippen molar-refractivity contribution in [1.82, 2.24) is 25.3 Å². The van der Waals surface area contributed by atoms with Crippen LogP contribution in [0.4, 0.5) is 0 Å². The maximum Gasteiger partial charge on any atom is 0.237 e. The third-order valence-corrected chi connectivity index (χ3v) is 4.98. The summed E-state index contributed by atoms with van der Waals surface area (Å²) < 4.78 is 0. The summed E-state index contributed by atoms with van der Waals surface area (Å²) >= 11 is 0. The van der Waals surface area contributed by atoms with E-state index in [9.17, 15) is 9.59 Å². The quantitative estimate of drug-likeness (QED) is 0.723. The maximum atomic E-state index is 12.6. The first kappa shape index (κ1) is 19.8. The van der Waals surface area contributed by atoms with E-state index in [0.29, 0.717) is 19.6 Å². The van der Waals surface area contributed by atoms with Crippen molar-refractivity contribution in [3.63, 3.8) is 0 Å². The van der Waals surface area contributed by atoms with E-state index in [4.69, 9.17) is 0 Å². The molecule has 0 aliphatic carbocycles. The molecule has 2 aromatic rings. The molecule has 0 spiro atoms. The topological polar surface area (TPSA) is 81.3 Å². The molecule has 1 aliphatic heterocycles. The van der Waals surface area contributed by atoms with Gasteiger partial charge in [0.25, 0.3) is 0 Å². The van der Waals surface area contributed by atoms with Crippen molar-refractivity contribution in [3.8, 4) is 0 Å². The zero-order chi connectivity index (χ0) is 19.8. The Kier molecular flexibility index (Phi) is 6.97. The molecule has 0 bridgehead atoms. The third kappa shape index (κ3) is 5.53. The summed E-state index contributed by atoms with van der Waals surface area (Å²) in [6.45, 7) is 2.58. The van der Waals surface area contributed by atoms with E-state index in [1.165, 1.54) is 0 Å². The molecule has 7 nitrogen and oxygen atoms in total. The second-order valence-corrected chi connectivity index (χ2v) is 6.99. The largest absolute Gasteiger partial charge is 0.353 e. The molecular formula is C21H27N5O2. The number of aromatic nitrogens is 2. The van der Waals surface area contributed by atoms with Gasteiger partial charge in [0.15, 0.2) is 0 Å². The van der Waals surface area contributed by atoms with Crippen LogP contribution in [0.1, 0.15) is 17.5 Å². The fourth-order valence-electron chi connectivity index (χ4n) is 3.25. The van der Waals surface area contributed by atoms with E-state index in [2.05, 4.69) is 20.4 Å². The van der Waals surface area contributed by atoms with E-state index in [1.54, 1.807) is 18.1 Å². The molecule has 1 atom stereocenters. The SMILES string of the molecule is CN(CCc1cn[nH]c1)C(=O)CC1C(=O)NCCN1C/C=C/c1ccccc1. The first-order valence-corrected chi connectivity index (χ1v) is 9.58. The van der Waals surface area contributed by atoms with Crippen molar-refractivity contribution in [3.05, 3.63) is 59.9 Å². The van der Waals surface area contributed by atoms with E-state index in [0.717, 1.165) is 24.1 Å². The van der Waals surface area contributed by atoms with Gasteiger partial charge in [-0.05, 0) is 17.5 Å². The zero-order valence-corrected chi connectivity index (χ0v) is 16.2. The molecule has 28 heavy (non-hydrogen) atoms. The molecular weight excluding hydrogens is 354 g/mol. The van der Waals surface area contributed by atoms with Gasteiger partial charge in [0.05, 0.1) is 18.7 Å². The van der Waals surface area contributed by atoms with Crippen molar-refractivity contribution in [1.29, 1.82) is 0 Å². The summed E-state index contributed by atoms with van der Waals surface area (Å²) in [6, 6.07) is 9.61. The van der Waals surface area contributed by atoms with Crippen LogP contribution < -0.4 is 5.32 Å². The monoisotopic (exact) mass is 381 g/mol. The number of hydrogen-bond donors (Lipinski definition) is 2. The highest BCUT2D eigenvalue weighted by atomic mass is 16.2. The van der Waals surface area contributed by atoms with Crippen molar-refractivity contribution in [2.75, 3.05) is 33.2 Å². The Labute approximate surface area is 165 Å². The zero-order valence-electron chi connectivity index (χ0n) is 16.2. The smallest absolute Gasteiger partial charge is 0.237 e. The Morgan fingerprint density at radius 2 is 2.18 bits per heavy atom. The number of carbonyl (C=O) groups is 2. The second-order valence-electron chi connectivity index (χ2n) is 6.99. The average Bonchev–Trinajstić information content (AvgIpc) is 3.23. The number of piperazine rings is 1. The number of hydrogen-bond acceptors (Lipinski definition) is 4. The first-order chi connectivity index (χ1) is 13.6. The lowest BCUT2D eigenvalue weighted by molar-refractivity contribution is -0.137. The van der Waals surface area contributed by atoms with Crippen LogP contribution in [0.15, 0.2) is 48.8 Å². The lowest BCUT2D eigenvalue weighted by Gasteiger charge is -2.34. The molecule has 0 saturated carbocycles. The molecule has 0 radical (unpaired) electrons. The maximum absolute atomic E-state index is 12.6. The predicted octanol–water partition coefficient (Wildman–Crippen LogP) is 1.31. The molecule has 1 aromatic heterocycles. The van der Waals surface area contributed by atoms with Gasteiger partial charge >= 0.3 is 0 Å². The molecule has 2 heterocycles. The summed E-state index contributed by atoms with van der Waals surface area (Å²) in [6.07, 6.45) is 8.60. The highest BCUT2D eigenvalue weighted by molar-refractivity contribution is 5.88. The molecule has 7 heteroatoms. The van der Waals surface area contributed by atoms with E-state index >= 15 is 0 Å². The predicted molar refractivity (Wildman–Crippen MR) is 108 cm³/mol. The Balaban J connectivity index is 1.54. The molecule has 1 saturated heterocycles. The number of rotatable bonds is 8. The Morgan fingerprint density at radius 1 is 1.36 bits per heavy atom. The summed E-state index contributed by atoms with van der Waals surface area (Å²) in [5, 5.41) is 9.57. The summed E-state index contributed by atoms with van der Waals surface area (Å²) in [4.78, 5) is 28.8. The van der Waals surface area contributed by atoms with Gasteiger partial charge in [-0.25, -0.2) is 0 Å². The fourth-order valence-corrected chi connectivity index (χ4v) is 3.25. The van der Waals surface area contributed by atoms with Gasteiger partial charge in [-0.2, -0.15) is 5.10 Å². The van der Waals surface area contributed by atoms with Gasteiger partial charge in [-0.15, -0.1) is 0 Å². The van der Waals surface area contributed by atoms with Crippen LogP contribution in [0.5, 0.6) is 0 Å². The molecule has 1 aliphatic rings. The Hall–Kier alpha value is -2.93. The number of benzene rings is 1. The molecule has 2 N–H and O–H groups in total. The van der Waals surface area contributed by atoms with Crippen molar-refractivity contribution in [2.45, 2.75) is 18.9 Å². The summed E-state index contributed by atoms with van der Waals surface area (Å²) in [7, 11) is 1.78. The minimum Gasteiger partial charge on any atom is -0.353 e.